The largest absolute Gasteiger partial charge is 0.376 e. The summed E-state index contributed by atoms with van der Waals surface area (Å²) in [4.78, 5) is 23.8. The molecular weight excluding hydrogens is 316 g/mol. The van der Waals surface area contributed by atoms with E-state index >= 15 is 0 Å². The molecule has 0 saturated carbocycles. The molecule has 25 heavy (non-hydrogen) atoms. The summed E-state index contributed by atoms with van der Waals surface area (Å²) in [6.07, 6.45) is 5.31. The lowest BCUT2D eigenvalue weighted by Gasteiger charge is -2.35. The van der Waals surface area contributed by atoms with Crippen LogP contribution in [0, 0.1) is 0 Å². The highest BCUT2D eigenvalue weighted by Crippen LogP contribution is 2.16. The molecule has 0 bridgehead atoms. The zero-order chi connectivity index (χ0) is 17.6. The summed E-state index contributed by atoms with van der Waals surface area (Å²) in [5.41, 5.74) is 8.17. The van der Waals surface area contributed by atoms with E-state index in [9.17, 15) is 0 Å². The predicted octanol–water partition coefficient (Wildman–Crippen LogP) is 0.575. The number of pyridine rings is 1. The third-order valence-electron chi connectivity index (χ3n) is 4.18. The lowest BCUT2D eigenvalue weighted by molar-refractivity contribution is 0.378. The van der Waals surface area contributed by atoms with Gasteiger partial charge in [0.15, 0.2) is 5.96 Å². The van der Waals surface area contributed by atoms with E-state index in [2.05, 4.69) is 29.7 Å². The van der Waals surface area contributed by atoms with Crippen molar-refractivity contribution in [3.8, 4) is 0 Å². The molecular formula is C17H24N8. The van der Waals surface area contributed by atoms with E-state index in [-0.39, 0.29) is 0 Å². The lowest BCUT2D eigenvalue weighted by atomic mass is 10.3. The van der Waals surface area contributed by atoms with E-state index < -0.39 is 0 Å². The smallest absolute Gasteiger partial charge is 0.225 e. The minimum atomic E-state index is 0.474. The average Bonchev–Trinajstić information content (AvgIpc) is 2.67. The van der Waals surface area contributed by atoms with E-state index in [1.54, 1.807) is 18.6 Å². The fourth-order valence-corrected chi connectivity index (χ4v) is 2.80. The summed E-state index contributed by atoms with van der Waals surface area (Å²) < 4.78 is 0. The molecule has 132 valence electrons. The van der Waals surface area contributed by atoms with Gasteiger partial charge in [-0.15, -0.1) is 0 Å². The fraction of sp³-hybridized carbons (Fsp3) is 0.412. The highest BCUT2D eigenvalue weighted by molar-refractivity contribution is 5.78. The number of hydrogen-bond donors (Lipinski definition) is 1. The van der Waals surface area contributed by atoms with Crippen LogP contribution in [-0.4, -0.2) is 66.1 Å². The van der Waals surface area contributed by atoms with Crippen molar-refractivity contribution in [3.05, 3.63) is 42.5 Å². The van der Waals surface area contributed by atoms with Gasteiger partial charge in [-0.3, -0.25) is 4.98 Å². The molecule has 0 aromatic carbocycles. The van der Waals surface area contributed by atoms with Gasteiger partial charge < -0.3 is 20.4 Å². The van der Waals surface area contributed by atoms with Crippen LogP contribution in [0.3, 0.4) is 0 Å². The topological polar surface area (TPSA) is 86.8 Å². The first kappa shape index (κ1) is 16.9. The van der Waals surface area contributed by atoms with Crippen LogP contribution in [-0.2, 0) is 6.54 Å². The van der Waals surface area contributed by atoms with E-state index in [1.165, 1.54) is 0 Å². The Hall–Kier alpha value is -2.90. The molecule has 2 N–H and O–H groups in total. The van der Waals surface area contributed by atoms with Crippen molar-refractivity contribution in [3.63, 3.8) is 0 Å². The second-order valence-electron chi connectivity index (χ2n) is 6.06. The molecule has 0 unspecified atom stereocenters. The second kappa shape index (κ2) is 7.78. The lowest BCUT2D eigenvalue weighted by Crippen LogP contribution is -2.51. The molecule has 1 saturated heterocycles. The van der Waals surface area contributed by atoms with Crippen LogP contribution >= 0.6 is 0 Å². The van der Waals surface area contributed by atoms with E-state index in [0.29, 0.717) is 12.5 Å². The van der Waals surface area contributed by atoms with Crippen molar-refractivity contribution in [1.29, 1.82) is 0 Å². The van der Waals surface area contributed by atoms with E-state index in [4.69, 9.17) is 5.73 Å². The van der Waals surface area contributed by atoms with Gasteiger partial charge in [-0.25, -0.2) is 15.0 Å². The summed E-state index contributed by atoms with van der Waals surface area (Å²) in [6.45, 7) is 3.73. The monoisotopic (exact) mass is 340 g/mol. The molecule has 0 spiro atoms. The minimum absolute atomic E-state index is 0.474. The summed E-state index contributed by atoms with van der Waals surface area (Å²) in [5.74, 6) is 1.32. The van der Waals surface area contributed by atoms with Gasteiger partial charge in [0, 0.05) is 58.9 Å². The number of aliphatic imine (C=N–C) groups is 1. The van der Waals surface area contributed by atoms with Crippen molar-refractivity contribution in [2.75, 3.05) is 50.1 Å². The van der Waals surface area contributed by atoms with Gasteiger partial charge in [0.1, 0.15) is 0 Å². The van der Waals surface area contributed by atoms with Crippen molar-refractivity contribution in [2.24, 2.45) is 10.7 Å². The number of nitrogens with zero attached hydrogens (tertiary/aromatic N) is 7. The molecule has 0 radical (unpaired) electrons. The Balaban J connectivity index is 1.59. The Kier molecular flexibility index (Phi) is 5.27. The van der Waals surface area contributed by atoms with Crippen LogP contribution in [0.2, 0.25) is 0 Å². The number of nitrogens with two attached hydrogens (primary N) is 1. The van der Waals surface area contributed by atoms with Gasteiger partial charge in [0.2, 0.25) is 5.95 Å². The molecule has 2 aromatic rings. The van der Waals surface area contributed by atoms with Crippen LogP contribution in [0.25, 0.3) is 0 Å². The number of aromatic nitrogens is 3. The Labute approximate surface area is 148 Å². The molecule has 1 fully saturated rings. The highest BCUT2D eigenvalue weighted by atomic mass is 15.4. The Morgan fingerprint density at radius 2 is 1.76 bits per heavy atom. The standard InChI is InChI=1S/C17H24N8/c1-23(2)15-5-3-6-19-14(15)13-22-16(18)24-9-11-25(12-10-24)17-20-7-4-8-21-17/h3-8H,9-13H2,1-2H3,(H2,18,22). The van der Waals surface area contributed by atoms with Gasteiger partial charge in [0.25, 0.3) is 0 Å². The van der Waals surface area contributed by atoms with Crippen LogP contribution in [0.1, 0.15) is 5.69 Å². The van der Waals surface area contributed by atoms with Crippen molar-refractivity contribution in [2.45, 2.75) is 6.54 Å². The average molecular weight is 340 g/mol. The molecule has 1 aliphatic heterocycles. The summed E-state index contributed by atoms with van der Waals surface area (Å²) in [7, 11) is 4.00. The van der Waals surface area contributed by atoms with E-state index in [0.717, 1.165) is 43.5 Å². The molecule has 3 heterocycles. The normalized spacial score (nSPS) is 15.4. The maximum absolute atomic E-state index is 6.19. The van der Waals surface area contributed by atoms with Crippen molar-refractivity contribution >= 4 is 17.6 Å². The van der Waals surface area contributed by atoms with Crippen molar-refractivity contribution in [1.82, 2.24) is 19.9 Å². The van der Waals surface area contributed by atoms with Gasteiger partial charge in [0.05, 0.1) is 17.9 Å². The predicted molar refractivity (Wildman–Crippen MR) is 99.7 cm³/mol. The van der Waals surface area contributed by atoms with Crippen LogP contribution in [0.15, 0.2) is 41.8 Å². The molecule has 8 nitrogen and oxygen atoms in total. The molecule has 0 aliphatic carbocycles. The van der Waals surface area contributed by atoms with E-state index in [1.807, 2.05) is 37.2 Å². The molecule has 0 amide bonds. The van der Waals surface area contributed by atoms with Crippen LogP contribution < -0.4 is 15.5 Å². The summed E-state index contributed by atoms with van der Waals surface area (Å²) >= 11 is 0. The SMILES string of the molecule is CN(C)c1cccnc1CN=C(N)N1CCN(c2ncccn2)CC1. The third-order valence-corrected chi connectivity index (χ3v) is 4.18. The van der Waals surface area contributed by atoms with Gasteiger partial charge >= 0.3 is 0 Å². The zero-order valence-corrected chi connectivity index (χ0v) is 14.7. The number of piperazine rings is 1. The van der Waals surface area contributed by atoms with Crippen molar-refractivity contribution < 1.29 is 0 Å². The first-order valence-corrected chi connectivity index (χ1v) is 8.33. The highest BCUT2D eigenvalue weighted by Gasteiger charge is 2.20. The molecule has 1 aliphatic rings. The number of anilines is 2. The quantitative estimate of drug-likeness (QED) is 0.643. The van der Waals surface area contributed by atoms with Crippen LogP contribution in [0.5, 0.6) is 0 Å². The Morgan fingerprint density at radius 3 is 2.44 bits per heavy atom. The number of guanidine groups is 1. The van der Waals surface area contributed by atoms with Gasteiger partial charge in [-0.2, -0.15) is 0 Å². The maximum atomic E-state index is 6.19. The Bertz CT molecular complexity index is 708. The zero-order valence-electron chi connectivity index (χ0n) is 14.7. The van der Waals surface area contributed by atoms with Crippen LogP contribution in [0.4, 0.5) is 11.6 Å². The fourth-order valence-electron chi connectivity index (χ4n) is 2.80. The second-order valence-corrected chi connectivity index (χ2v) is 6.06. The number of rotatable bonds is 4. The summed E-state index contributed by atoms with van der Waals surface area (Å²) in [5, 5.41) is 0. The first-order valence-electron chi connectivity index (χ1n) is 8.33. The third kappa shape index (κ3) is 4.14. The number of hydrogen-bond acceptors (Lipinski definition) is 6. The molecule has 2 aromatic heterocycles. The molecule has 0 atom stereocenters. The first-order chi connectivity index (χ1) is 12.1. The molecule has 3 rings (SSSR count). The Morgan fingerprint density at radius 1 is 1.08 bits per heavy atom. The summed E-state index contributed by atoms with van der Waals surface area (Å²) in [6, 6.07) is 5.79. The maximum Gasteiger partial charge on any atom is 0.225 e. The minimum Gasteiger partial charge on any atom is -0.376 e. The van der Waals surface area contributed by atoms with Gasteiger partial charge in [-0.05, 0) is 18.2 Å². The van der Waals surface area contributed by atoms with Gasteiger partial charge in [-0.1, -0.05) is 0 Å². The molecule has 8 heteroatoms.